The summed E-state index contributed by atoms with van der Waals surface area (Å²) in [5.41, 5.74) is 0. The fourth-order valence-corrected chi connectivity index (χ4v) is 3.07. The van der Waals surface area contributed by atoms with Gasteiger partial charge in [0, 0.05) is 31.7 Å². The molecule has 1 N–H and O–H groups in total. The van der Waals surface area contributed by atoms with Crippen molar-refractivity contribution in [1.82, 2.24) is 9.80 Å². The van der Waals surface area contributed by atoms with Crippen LogP contribution in [0.25, 0.3) is 0 Å². The molecule has 1 saturated heterocycles. The van der Waals surface area contributed by atoms with E-state index in [1.807, 2.05) is 0 Å². The minimum atomic E-state index is -0.0851. The van der Waals surface area contributed by atoms with Crippen molar-refractivity contribution in [1.29, 1.82) is 0 Å². The van der Waals surface area contributed by atoms with Crippen LogP contribution in [-0.2, 0) is 0 Å². The summed E-state index contributed by atoms with van der Waals surface area (Å²) in [4.78, 5) is 4.94. The highest BCUT2D eigenvalue weighted by molar-refractivity contribution is 4.87. The summed E-state index contributed by atoms with van der Waals surface area (Å²) >= 11 is 0. The molecule has 94 valence electrons. The van der Waals surface area contributed by atoms with Crippen LogP contribution in [0.2, 0.25) is 0 Å². The maximum absolute atomic E-state index is 10.2. The van der Waals surface area contributed by atoms with Gasteiger partial charge < -0.3 is 10.0 Å². The number of piperazine rings is 1. The predicted molar refractivity (Wildman–Crippen MR) is 66.5 cm³/mol. The maximum Gasteiger partial charge on any atom is 0.0695 e. The second kappa shape index (κ2) is 5.48. The average Bonchev–Trinajstić information content (AvgIpc) is 2.47. The Hall–Kier alpha value is -0.120. The lowest BCUT2D eigenvalue weighted by molar-refractivity contribution is 0.00380. The zero-order valence-electron chi connectivity index (χ0n) is 10.7. The monoisotopic (exact) mass is 226 g/mol. The lowest BCUT2D eigenvalue weighted by atomic mass is 10.0. The van der Waals surface area contributed by atoms with E-state index in [4.69, 9.17) is 0 Å². The first-order valence-corrected chi connectivity index (χ1v) is 6.81. The van der Waals surface area contributed by atoms with E-state index in [1.54, 1.807) is 0 Å². The fraction of sp³-hybridized carbons (Fsp3) is 1.00. The minimum Gasteiger partial charge on any atom is -0.391 e. The minimum absolute atomic E-state index is 0.0851. The smallest absolute Gasteiger partial charge is 0.0695 e. The molecule has 0 bridgehead atoms. The van der Waals surface area contributed by atoms with Crippen LogP contribution >= 0.6 is 0 Å². The van der Waals surface area contributed by atoms with Gasteiger partial charge in [-0.3, -0.25) is 4.90 Å². The van der Waals surface area contributed by atoms with Gasteiger partial charge in [-0.05, 0) is 26.8 Å². The molecule has 0 aromatic rings. The first-order valence-electron chi connectivity index (χ1n) is 6.81. The molecule has 0 amide bonds. The molecule has 0 aromatic heterocycles. The number of aliphatic hydroxyl groups excluding tert-OH is 1. The molecule has 0 spiro atoms. The zero-order valence-corrected chi connectivity index (χ0v) is 10.7. The topological polar surface area (TPSA) is 26.7 Å². The molecule has 3 heteroatoms. The Morgan fingerprint density at radius 1 is 1.06 bits per heavy atom. The largest absolute Gasteiger partial charge is 0.391 e. The van der Waals surface area contributed by atoms with Gasteiger partial charge in [-0.15, -0.1) is 0 Å². The second-order valence-corrected chi connectivity index (χ2v) is 5.60. The van der Waals surface area contributed by atoms with Crippen molar-refractivity contribution in [3.8, 4) is 0 Å². The quantitative estimate of drug-likeness (QED) is 0.683. The van der Waals surface area contributed by atoms with E-state index in [9.17, 15) is 5.11 Å². The van der Waals surface area contributed by atoms with Crippen molar-refractivity contribution in [2.75, 3.05) is 26.7 Å². The molecule has 3 unspecified atom stereocenters. The van der Waals surface area contributed by atoms with E-state index < -0.39 is 0 Å². The van der Waals surface area contributed by atoms with Crippen LogP contribution in [0.3, 0.4) is 0 Å². The molecule has 16 heavy (non-hydrogen) atoms. The molecular formula is C13H26N2O. The van der Waals surface area contributed by atoms with Crippen molar-refractivity contribution < 1.29 is 5.11 Å². The molecule has 1 aliphatic heterocycles. The van der Waals surface area contributed by atoms with E-state index in [1.165, 1.54) is 25.7 Å². The van der Waals surface area contributed by atoms with Crippen LogP contribution < -0.4 is 0 Å². The third kappa shape index (κ3) is 2.76. The number of likely N-dealkylation sites (N-methyl/N-ethyl adjacent to an activating group) is 1. The lowest BCUT2D eigenvalue weighted by Gasteiger charge is -2.43. The van der Waals surface area contributed by atoms with Crippen molar-refractivity contribution in [3.63, 3.8) is 0 Å². The molecule has 3 atom stereocenters. The van der Waals surface area contributed by atoms with E-state index in [2.05, 4.69) is 23.8 Å². The Labute approximate surface area is 99.4 Å². The third-order valence-electron chi connectivity index (χ3n) is 4.40. The van der Waals surface area contributed by atoms with Crippen LogP contribution in [0.15, 0.2) is 0 Å². The van der Waals surface area contributed by atoms with Crippen molar-refractivity contribution >= 4 is 0 Å². The highest BCUT2D eigenvalue weighted by Crippen LogP contribution is 2.24. The normalized spacial score (nSPS) is 39.6. The van der Waals surface area contributed by atoms with Crippen LogP contribution in [0, 0.1) is 0 Å². The van der Waals surface area contributed by atoms with E-state index >= 15 is 0 Å². The molecule has 1 heterocycles. The van der Waals surface area contributed by atoms with Crippen molar-refractivity contribution in [3.05, 3.63) is 0 Å². The zero-order chi connectivity index (χ0) is 11.5. The summed E-state index contributed by atoms with van der Waals surface area (Å²) in [7, 11) is 2.20. The Morgan fingerprint density at radius 2 is 1.81 bits per heavy atom. The van der Waals surface area contributed by atoms with Crippen LogP contribution in [-0.4, -0.2) is 59.8 Å². The van der Waals surface area contributed by atoms with Gasteiger partial charge in [0.05, 0.1) is 6.10 Å². The van der Waals surface area contributed by atoms with Gasteiger partial charge in [-0.2, -0.15) is 0 Å². The van der Waals surface area contributed by atoms with E-state index in [-0.39, 0.29) is 6.10 Å². The summed E-state index contributed by atoms with van der Waals surface area (Å²) in [6, 6.07) is 1.06. The van der Waals surface area contributed by atoms with Crippen molar-refractivity contribution in [2.45, 2.75) is 57.2 Å². The highest BCUT2D eigenvalue weighted by atomic mass is 16.3. The number of hydrogen-bond donors (Lipinski definition) is 1. The maximum atomic E-state index is 10.2. The first kappa shape index (κ1) is 12.3. The van der Waals surface area contributed by atoms with Gasteiger partial charge in [0.2, 0.25) is 0 Å². The van der Waals surface area contributed by atoms with Crippen LogP contribution in [0.1, 0.15) is 39.0 Å². The molecule has 2 aliphatic rings. The lowest BCUT2D eigenvalue weighted by Crippen LogP contribution is -2.55. The summed E-state index contributed by atoms with van der Waals surface area (Å²) in [5, 5.41) is 10.2. The summed E-state index contributed by atoms with van der Waals surface area (Å²) in [6.45, 7) is 5.68. The third-order valence-corrected chi connectivity index (χ3v) is 4.40. The molecule has 3 nitrogen and oxygen atoms in total. The SMILES string of the molecule is CC1CN(C2CCCCCC2O)CCN1C. The molecular weight excluding hydrogens is 200 g/mol. The van der Waals surface area contributed by atoms with Crippen molar-refractivity contribution in [2.24, 2.45) is 0 Å². The van der Waals surface area contributed by atoms with Gasteiger partial charge in [-0.25, -0.2) is 0 Å². The Morgan fingerprint density at radius 3 is 2.56 bits per heavy atom. The molecule has 1 saturated carbocycles. The van der Waals surface area contributed by atoms with Gasteiger partial charge in [-0.1, -0.05) is 19.3 Å². The number of hydrogen-bond acceptors (Lipinski definition) is 3. The molecule has 1 aliphatic carbocycles. The van der Waals surface area contributed by atoms with Crippen LogP contribution in [0.5, 0.6) is 0 Å². The van der Waals surface area contributed by atoms with Gasteiger partial charge in [0.1, 0.15) is 0 Å². The van der Waals surface area contributed by atoms with E-state index in [0.717, 1.165) is 26.1 Å². The number of aliphatic hydroxyl groups is 1. The summed E-state index contributed by atoms with van der Waals surface area (Å²) in [6.07, 6.45) is 5.92. The average molecular weight is 226 g/mol. The Bertz CT molecular complexity index is 222. The highest BCUT2D eigenvalue weighted by Gasteiger charge is 2.31. The summed E-state index contributed by atoms with van der Waals surface area (Å²) in [5.74, 6) is 0. The molecule has 2 rings (SSSR count). The van der Waals surface area contributed by atoms with E-state index in [0.29, 0.717) is 12.1 Å². The Balaban J connectivity index is 1.94. The predicted octanol–water partition coefficient (Wildman–Crippen LogP) is 1.32. The van der Waals surface area contributed by atoms with Gasteiger partial charge >= 0.3 is 0 Å². The van der Waals surface area contributed by atoms with Gasteiger partial charge in [0.25, 0.3) is 0 Å². The van der Waals surface area contributed by atoms with Crippen LogP contribution in [0.4, 0.5) is 0 Å². The van der Waals surface area contributed by atoms with Gasteiger partial charge in [0.15, 0.2) is 0 Å². The fourth-order valence-electron chi connectivity index (χ4n) is 3.07. The molecule has 0 aromatic carbocycles. The number of nitrogens with zero attached hydrogens (tertiary/aromatic N) is 2. The Kier molecular flexibility index (Phi) is 4.22. The second-order valence-electron chi connectivity index (χ2n) is 5.60. The molecule has 0 radical (unpaired) electrons. The number of rotatable bonds is 1. The standard InChI is InChI=1S/C13H26N2O/c1-11-10-15(9-8-14(11)2)12-6-4-3-5-7-13(12)16/h11-13,16H,3-10H2,1-2H3. The molecule has 2 fully saturated rings. The summed E-state index contributed by atoms with van der Waals surface area (Å²) < 4.78 is 0. The first-order chi connectivity index (χ1) is 7.68.